The highest BCUT2D eigenvalue weighted by molar-refractivity contribution is 7.99. The van der Waals surface area contributed by atoms with Gasteiger partial charge in [0.05, 0.1) is 27.9 Å². The van der Waals surface area contributed by atoms with Crippen LogP contribution in [0.25, 0.3) is 11.0 Å². The van der Waals surface area contributed by atoms with Crippen molar-refractivity contribution in [2.75, 3.05) is 24.2 Å². The second kappa shape index (κ2) is 9.52. The van der Waals surface area contributed by atoms with Gasteiger partial charge in [-0.05, 0) is 55.3 Å². The molecule has 162 valence electrons. The van der Waals surface area contributed by atoms with E-state index in [-0.39, 0.29) is 16.6 Å². The van der Waals surface area contributed by atoms with Gasteiger partial charge in [0.2, 0.25) is 15.9 Å². The Hall–Kier alpha value is -2.20. The summed E-state index contributed by atoms with van der Waals surface area (Å²) in [6, 6.07) is 11.7. The van der Waals surface area contributed by atoms with Crippen LogP contribution < -0.4 is 5.32 Å². The molecule has 0 spiro atoms. The molecule has 1 saturated heterocycles. The van der Waals surface area contributed by atoms with Gasteiger partial charge in [-0.2, -0.15) is 4.31 Å². The molecule has 0 radical (unpaired) electrons. The molecule has 0 bridgehead atoms. The van der Waals surface area contributed by atoms with Crippen LogP contribution in [-0.4, -0.2) is 47.4 Å². The lowest BCUT2D eigenvalue weighted by atomic mass is 10.2. The first-order chi connectivity index (χ1) is 14.9. The minimum Gasteiger partial charge on any atom is -0.325 e. The molecule has 4 rings (SSSR count). The van der Waals surface area contributed by atoms with Crippen molar-refractivity contribution in [2.45, 2.75) is 29.2 Å². The van der Waals surface area contributed by atoms with Crippen LogP contribution in [0.1, 0.15) is 19.3 Å². The maximum Gasteiger partial charge on any atom is 0.243 e. The van der Waals surface area contributed by atoms with Gasteiger partial charge in [0.15, 0.2) is 0 Å². The summed E-state index contributed by atoms with van der Waals surface area (Å²) in [5, 5.41) is 3.98. The number of piperidine rings is 1. The van der Waals surface area contributed by atoms with Crippen LogP contribution in [0, 0.1) is 0 Å². The van der Waals surface area contributed by atoms with E-state index in [4.69, 9.17) is 11.6 Å². The second-order valence-corrected chi connectivity index (χ2v) is 10.5. The van der Waals surface area contributed by atoms with E-state index in [1.54, 1.807) is 48.7 Å². The summed E-state index contributed by atoms with van der Waals surface area (Å²) < 4.78 is 27.3. The third-order valence-electron chi connectivity index (χ3n) is 4.92. The van der Waals surface area contributed by atoms with E-state index >= 15 is 0 Å². The lowest BCUT2D eigenvalue weighted by Crippen LogP contribution is -2.35. The zero-order chi connectivity index (χ0) is 21.8. The first-order valence-electron chi connectivity index (χ1n) is 9.87. The Morgan fingerprint density at radius 2 is 1.81 bits per heavy atom. The quantitative estimate of drug-likeness (QED) is 0.536. The van der Waals surface area contributed by atoms with Crippen LogP contribution in [0.4, 0.5) is 5.69 Å². The lowest BCUT2D eigenvalue weighted by Gasteiger charge is -2.25. The minimum absolute atomic E-state index is 0.169. The molecule has 10 heteroatoms. The number of thioether (sulfide) groups is 1. The predicted molar refractivity (Wildman–Crippen MR) is 123 cm³/mol. The van der Waals surface area contributed by atoms with Crippen LogP contribution in [0.3, 0.4) is 0 Å². The molecule has 1 fully saturated rings. The largest absolute Gasteiger partial charge is 0.325 e. The fraction of sp³-hybridized carbons (Fsp3) is 0.286. The van der Waals surface area contributed by atoms with Crippen molar-refractivity contribution in [3.8, 4) is 0 Å². The van der Waals surface area contributed by atoms with E-state index in [2.05, 4.69) is 15.3 Å². The molecule has 0 unspecified atom stereocenters. The molecule has 1 aliphatic heterocycles. The monoisotopic (exact) mass is 476 g/mol. The van der Waals surface area contributed by atoms with Gasteiger partial charge in [0, 0.05) is 23.8 Å². The van der Waals surface area contributed by atoms with Crippen molar-refractivity contribution >= 4 is 56.0 Å². The number of amides is 1. The van der Waals surface area contributed by atoms with Gasteiger partial charge < -0.3 is 5.32 Å². The Morgan fingerprint density at radius 3 is 2.55 bits per heavy atom. The summed E-state index contributed by atoms with van der Waals surface area (Å²) in [5.74, 6) is 0.00160. The topological polar surface area (TPSA) is 92.3 Å². The molecule has 7 nitrogen and oxygen atoms in total. The molecule has 31 heavy (non-hydrogen) atoms. The number of nitrogens with one attached hydrogen (secondary N) is 1. The summed E-state index contributed by atoms with van der Waals surface area (Å²) in [6.45, 7) is 1.11. The number of fused-ring (bicyclic) bond motifs is 1. The summed E-state index contributed by atoms with van der Waals surface area (Å²) in [6.07, 6.45) is 4.39. The molecule has 2 aromatic carbocycles. The van der Waals surface area contributed by atoms with Crippen LogP contribution in [0.15, 0.2) is 58.6 Å². The molecule has 1 aliphatic rings. The zero-order valence-corrected chi connectivity index (χ0v) is 19.0. The van der Waals surface area contributed by atoms with Gasteiger partial charge in [-0.3, -0.25) is 9.78 Å². The lowest BCUT2D eigenvalue weighted by molar-refractivity contribution is -0.113. The minimum atomic E-state index is -3.52. The first-order valence-corrected chi connectivity index (χ1v) is 12.7. The van der Waals surface area contributed by atoms with Crippen molar-refractivity contribution in [2.24, 2.45) is 0 Å². The highest BCUT2D eigenvalue weighted by atomic mass is 35.5. The van der Waals surface area contributed by atoms with E-state index in [1.165, 1.54) is 16.1 Å². The van der Waals surface area contributed by atoms with Gasteiger partial charge in [-0.25, -0.2) is 13.4 Å². The van der Waals surface area contributed by atoms with Crippen LogP contribution in [-0.2, 0) is 14.8 Å². The van der Waals surface area contributed by atoms with Crippen LogP contribution in [0.2, 0.25) is 5.02 Å². The van der Waals surface area contributed by atoms with Gasteiger partial charge in [0.1, 0.15) is 5.03 Å². The maximum atomic E-state index is 12.9. The van der Waals surface area contributed by atoms with Gasteiger partial charge in [-0.15, -0.1) is 0 Å². The predicted octanol–water partition coefficient (Wildman–Crippen LogP) is 4.19. The number of hydrogen-bond acceptors (Lipinski definition) is 6. The number of sulfonamides is 1. The van der Waals surface area contributed by atoms with Crippen LogP contribution in [0.5, 0.6) is 0 Å². The Morgan fingerprint density at radius 1 is 1.06 bits per heavy atom. The van der Waals surface area contributed by atoms with E-state index in [0.717, 1.165) is 19.3 Å². The van der Waals surface area contributed by atoms with E-state index in [9.17, 15) is 13.2 Å². The van der Waals surface area contributed by atoms with Gasteiger partial charge >= 0.3 is 0 Å². The first kappa shape index (κ1) is 22.0. The summed E-state index contributed by atoms with van der Waals surface area (Å²) >= 11 is 7.10. The average Bonchev–Trinajstić information content (AvgIpc) is 2.79. The molecule has 3 aromatic rings. The van der Waals surface area contributed by atoms with E-state index in [0.29, 0.717) is 39.9 Å². The normalized spacial score (nSPS) is 15.1. The number of halogens is 1. The molecule has 1 aromatic heterocycles. The fourth-order valence-electron chi connectivity index (χ4n) is 3.33. The Kier molecular flexibility index (Phi) is 6.76. The molecule has 2 heterocycles. The number of rotatable bonds is 6. The summed E-state index contributed by atoms with van der Waals surface area (Å²) in [5.41, 5.74) is 1.76. The highest BCUT2D eigenvalue weighted by Crippen LogP contribution is 2.24. The summed E-state index contributed by atoms with van der Waals surface area (Å²) in [4.78, 5) is 21.2. The molecule has 1 N–H and O–H groups in total. The fourth-order valence-corrected chi connectivity index (χ4v) is 5.63. The van der Waals surface area contributed by atoms with E-state index in [1.807, 2.05) is 0 Å². The third kappa shape index (κ3) is 5.35. The number of aromatic nitrogens is 2. The molecular formula is C21H21ClN4O3S2. The van der Waals surface area contributed by atoms with Gasteiger partial charge in [0.25, 0.3) is 0 Å². The van der Waals surface area contributed by atoms with Crippen molar-refractivity contribution in [3.63, 3.8) is 0 Å². The third-order valence-corrected chi connectivity index (χ3v) is 7.97. The number of nitrogens with zero attached hydrogens (tertiary/aromatic N) is 3. The zero-order valence-electron chi connectivity index (χ0n) is 16.6. The number of carbonyl (C=O) groups excluding carboxylic acids is 1. The van der Waals surface area contributed by atoms with Crippen molar-refractivity contribution in [3.05, 3.63) is 53.7 Å². The second-order valence-electron chi connectivity index (χ2n) is 7.17. The molecule has 1 amide bonds. The van der Waals surface area contributed by atoms with Crippen molar-refractivity contribution < 1.29 is 13.2 Å². The standard InChI is InChI=1S/C21H21ClN4O3S2/c22-15-4-6-16(7-5-15)24-20(27)14-30-21-13-23-19-12-17(8-9-18(19)25-21)31(28,29)26-10-2-1-3-11-26/h4-9,12-13H,1-3,10-11,14H2,(H,24,27). The Labute approximate surface area is 190 Å². The number of benzene rings is 2. The maximum absolute atomic E-state index is 12.9. The molecule has 0 saturated carbocycles. The van der Waals surface area contributed by atoms with Crippen molar-refractivity contribution in [1.29, 1.82) is 0 Å². The number of hydrogen-bond donors (Lipinski definition) is 1. The number of carbonyl (C=O) groups is 1. The smallest absolute Gasteiger partial charge is 0.243 e. The highest BCUT2D eigenvalue weighted by Gasteiger charge is 2.26. The molecular weight excluding hydrogens is 456 g/mol. The van der Waals surface area contributed by atoms with Crippen LogP contribution >= 0.6 is 23.4 Å². The Bertz CT molecular complexity index is 1200. The molecule has 0 atom stereocenters. The number of anilines is 1. The SMILES string of the molecule is O=C(CSc1cnc2cc(S(=O)(=O)N3CCCCC3)ccc2n1)Nc1ccc(Cl)cc1. The molecule has 0 aliphatic carbocycles. The van der Waals surface area contributed by atoms with Crippen molar-refractivity contribution in [1.82, 2.24) is 14.3 Å². The Balaban J connectivity index is 1.43. The van der Waals surface area contributed by atoms with E-state index < -0.39 is 10.0 Å². The average molecular weight is 477 g/mol. The van der Waals surface area contributed by atoms with Gasteiger partial charge in [-0.1, -0.05) is 29.8 Å². The summed E-state index contributed by atoms with van der Waals surface area (Å²) in [7, 11) is -3.52.